The predicted octanol–water partition coefficient (Wildman–Crippen LogP) is 2.99. The molecular weight excluding hydrogens is 707 g/mol. The molecule has 2 aromatic heterocycles. The summed E-state index contributed by atoms with van der Waals surface area (Å²) >= 11 is 0. The van der Waals surface area contributed by atoms with Gasteiger partial charge in [0.25, 0.3) is 17.4 Å². The van der Waals surface area contributed by atoms with Gasteiger partial charge in [0.15, 0.2) is 5.69 Å². The minimum atomic E-state index is -0.637. The number of aromatic amines is 1. The number of carbonyl (C=O) groups excluding carboxylic acids is 4. The quantitative estimate of drug-likeness (QED) is 0.124. The number of H-pyrrole nitrogens is 1. The monoisotopic (exact) mass is 748 g/mol. The average molecular weight is 749 g/mol. The smallest absolute Gasteiger partial charge is 0.272 e. The molecule has 14 nitrogen and oxygen atoms in total. The van der Waals surface area contributed by atoms with E-state index in [4.69, 9.17) is 4.74 Å². The Kier molecular flexibility index (Phi) is 12.7. The second kappa shape index (κ2) is 18.1. The molecule has 3 heterocycles. The molecule has 0 aliphatic carbocycles. The van der Waals surface area contributed by atoms with E-state index in [1.165, 1.54) is 24.0 Å². The molecule has 0 atom stereocenters. The van der Waals surface area contributed by atoms with Gasteiger partial charge in [0.05, 0.1) is 42.1 Å². The van der Waals surface area contributed by atoms with Crippen molar-refractivity contribution >= 4 is 40.1 Å². The number of hydrogen-bond acceptors (Lipinski definition) is 9. The normalized spacial score (nSPS) is 12.8. The molecule has 0 spiro atoms. The summed E-state index contributed by atoms with van der Waals surface area (Å²) < 4.78 is 20.5. The van der Waals surface area contributed by atoms with Crippen LogP contribution < -0.4 is 21.5 Å². The lowest BCUT2D eigenvalue weighted by molar-refractivity contribution is -0.131. The summed E-state index contributed by atoms with van der Waals surface area (Å²) in [5, 5.41) is 16.4. The first-order valence-corrected chi connectivity index (χ1v) is 17.9. The van der Waals surface area contributed by atoms with Crippen LogP contribution in [0.1, 0.15) is 39.0 Å². The number of carbonyl (C=O) groups is 4. The molecule has 0 radical (unpaired) electrons. The van der Waals surface area contributed by atoms with Crippen LogP contribution in [-0.2, 0) is 20.7 Å². The molecule has 15 heteroatoms. The zero-order chi connectivity index (χ0) is 38.7. The molecule has 0 saturated carbocycles. The van der Waals surface area contributed by atoms with Crippen molar-refractivity contribution < 1.29 is 28.3 Å². The van der Waals surface area contributed by atoms with E-state index in [2.05, 4.69) is 31.1 Å². The van der Waals surface area contributed by atoms with Gasteiger partial charge < -0.3 is 30.5 Å². The zero-order valence-corrected chi connectivity index (χ0v) is 30.3. The lowest BCUT2D eigenvalue weighted by atomic mass is 10.0. The van der Waals surface area contributed by atoms with Crippen molar-refractivity contribution in [2.75, 3.05) is 64.3 Å². The number of amides is 4. The number of benzene rings is 3. The Morgan fingerprint density at radius 2 is 1.56 bits per heavy atom. The molecule has 0 unspecified atom stereocenters. The van der Waals surface area contributed by atoms with Crippen LogP contribution in [0.15, 0.2) is 89.9 Å². The van der Waals surface area contributed by atoms with Crippen molar-refractivity contribution in [3.8, 4) is 11.1 Å². The van der Waals surface area contributed by atoms with Crippen LogP contribution in [0.4, 0.5) is 10.1 Å². The standard InChI is InChI=1S/C40H41FN8O6/c1-26(50)45-35-23-29(28-7-3-2-4-8-28)24-44-37(35)39(53)43-14-20-55-19-13-42-25-36(51)48-15-17-49(18-16-48)40(54)32-21-27(11-12-33(32)41)22-34-30-9-5-6-10-31(30)38(52)47-46-34/h2-12,21,23-24,42H,13-20,22,25H2,1H3,(H,43,53)(H,45,50)(H,47,52). The number of piperazine rings is 1. The van der Waals surface area contributed by atoms with E-state index in [1.54, 1.807) is 41.4 Å². The van der Waals surface area contributed by atoms with Gasteiger partial charge in [0.1, 0.15) is 5.82 Å². The molecule has 4 amide bonds. The van der Waals surface area contributed by atoms with Crippen molar-refractivity contribution in [2.45, 2.75) is 13.3 Å². The minimum absolute atomic E-state index is 0.0591. The maximum absolute atomic E-state index is 14.9. The van der Waals surface area contributed by atoms with E-state index in [0.29, 0.717) is 60.4 Å². The summed E-state index contributed by atoms with van der Waals surface area (Å²) in [4.78, 5) is 70.5. The number of hydrogen-bond donors (Lipinski definition) is 4. The lowest BCUT2D eigenvalue weighted by Crippen LogP contribution is -2.52. The molecule has 0 bridgehead atoms. The van der Waals surface area contributed by atoms with Crippen LogP contribution in [0.2, 0.25) is 0 Å². The predicted molar refractivity (Wildman–Crippen MR) is 204 cm³/mol. The highest BCUT2D eigenvalue weighted by Gasteiger charge is 2.26. The van der Waals surface area contributed by atoms with Gasteiger partial charge in [-0.15, -0.1) is 0 Å². The average Bonchev–Trinajstić information content (AvgIpc) is 3.20. The van der Waals surface area contributed by atoms with E-state index in [0.717, 1.165) is 11.1 Å². The fourth-order valence-electron chi connectivity index (χ4n) is 6.27. The fraction of sp³-hybridized carbons (Fsp3) is 0.275. The van der Waals surface area contributed by atoms with Crippen LogP contribution in [0, 0.1) is 5.82 Å². The van der Waals surface area contributed by atoms with Crippen molar-refractivity contribution in [3.63, 3.8) is 0 Å². The summed E-state index contributed by atoms with van der Waals surface area (Å²) in [7, 11) is 0. The number of nitrogens with zero attached hydrogens (tertiary/aromatic N) is 4. The maximum atomic E-state index is 14.9. The molecule has 5 aromatic rings. The van der Waals surface area contributed by atoms with Gasteiger partial charge in [-0.2, -0.15) is 5.10 Å². The van der Waals surface area contributed by atoms with Crippen molar-refractivity contribution in [2.24, 2.45) is 0 Å². The van der Waals surface area contributed by atoms with Crippen LogP contribution in [0.5, 0.6) is 0 Å². The number of anilines is 1. The summed E-state index contributed by atoms with van der Waals surface area (Å²) in [6.45, 7) is 3.70. The SMILES string of the molecule is CC(=O)Nc1cc(-c2ccccc2)cnc1C(=O)NCCOCCNCC(=O)N1CCN(C(=O)c2cc(Cc3n[nH]c(=O)c4ccccc34)ccc2F)CC1. The van der Waals surface area contributed by atoms with E-state index in [9.17, 15) is 28.4 Å². The van der Waals surface area contributed by atoms with Crippen LogP contribution >= 0.6 is 0 Å². The first-order chi connectivity index (χ1) is 26.7. The molecule has 3 aromatic carbocycles. The second-order valence-corrected chi connectivity index (χ2v) is 12.9. The largest absolute Gasteiger partial charge is 0.378 e. The Balaban J connectivity index is 0.894. The molecule has 1 aliphatic rings. The van der Waals surface area contributed by atoms with Gasteiger partial charge in [-0.25, -0.2) is 14.5 Å². The molecule has 284 valence electrons. The Hall–Kier alpha value is -6.32. The molecule has 1 saturated heterocycles. The van der Waals surface area contributed by atoms with Crippen molar-refractivity contribution in [3.05, 3.63) is 124 Å². The van der Waals surface area contributed by atoms with Crippen LogP contribution in [0.25, 0.3) is 21.9 Å². The maximum Gasteiger partial charge on any atom is 0.272 e. The lowest BCUT2D eigenvalue weighted by Gasteiger charge is -2.35. The number of fused-ring (bicyclic) bond motifs is 1. The number of rotatable bonds is 14. The highest BCUT2D eigenvalue weighted by Crippen LogP contribution is 2.24. The number of aromatic nitrogens is 3. The van der Waals surface area contributed by atoms with Crippen molar-refractivity contribution in [1.82, 2.24) is 35.6 Å². The van der Waals surface area contributed by atoms with Gasteiger partial charge >= 0.3 is 0 Å². The third-order valence-corrected chi connectivity index (χ3v) is 9.08. The third kappa shape index (κ3) is 9.82. The van der Waals surface area contributed by atoms with Gasteiger partial charge in [-0.05, 0) is 35.4 Å². The molecule has 1 aliphatic heterocycles. The molecular formula is C40H41FN8O6. The Labute approximate surface area is 316 Å². The molecule has 4 N–H and O–H groups in total. The Bertz CT molecular complexity index is 2240. The van der Waals surface area contributed by atoms with Crippen molar-refractivity contribution in [1.29, 1.82) is 0 Å². The summed E-state index contributed by atoms with van der Waals surface area (Å²) in [5.41, 5.74) is 2.97. The minimum Gasteiger partial charge on any atom is -0.378 e. The van der Waals surface area contributed by atoms with E-state index in [-0.39, 0.29) is 61.4 Å². The molecule has 1 fully saturated rings. The summed E-state index contributed by atoms with van der Waals surface area (Å²) in [6.07, 6.45) is 1.87. The first-order valence-electron chi connectivity index (χ1n) is 17.9. The van der Waals surface area contributed by atoms with Gasteiger partial charge in [-0.3, -0.25) is 24.0 Å². The summed E-state index contributed by atoms with van der Waals surface area (Å²) in [5.74, 6) is -2.00. The van der Waals surface area contributed by atoms with Gasteiger partial charge in [0, 0.05) is 69.8 Å². The highest BCUT2D eigenvalue weighted by atomic mass is 19.1. The molecule has 6 rings (SSSR count). The highest BCUT2D eigenvalue weighted by molar-refractivity contribution is 6.02. The first kappa shape index (κ1) is 38.4. The fourth-order valence-corrected chi connectivity index (χ4v) is 6.27. The Morgan fingerprint density at radius 1 is 0.855 bits per heavy atom. The van der Waals surface area contributed by atoms with Gasteiger partial charge in [0.2, 0.25) is 11.8 Å². The number of ether oxygens (including phenoxy) is 1. The molecule has 55 heavy (non-hydrogen) atoms. The number of halogens is 1. The van der Waals surface area contributed by atoms with E-state index in [1.807, 2.05) is 36.4 Å². The summed E-state index contributed by atoms with van der Waals surface area (Å²) in [6, 6.07) is 22.7. The second-order valence-electron chi connectivity index (χ2n) is 12.9. The topological polar surface area (TPSA) is 179 Å². The van der Waals surface area contributed by atoms with Crippen LogP contribution in [-0.4, -0.2) is 108 Å². The van der Waals surface area contributed by atoms with E-state index >= 15 is 0 Å². The van der Waals surface area contributed by atoms with E-state index < -0.39 is 17.6 Å². The van der Waals surface area contributed by atoms with Crippen LogP contribution in [0.3, 0.4) is 0 Å². The Morgan fingerprint density at radius 3 is 2.33 bits per heavy atom. The number of nitrogens with one attached hydrogen (secondary N) is 4. The number of pyridine rings is 1. The van der Waals surface area contributed by atoms with Gasteiger partial charge in [-0.1, -0.05) is 54.6 Å². The zero-order valence-electron chi connectivity index (χ0n) is 30.3. The third-order valence-electron chi connectivity index (χ3n) is 9.08.